The van der Waals surface area contributed by atoms with Crippen molar-refractivity contribution in [1.82, 2.24) is 9.88 Å². The van der Waals surface area contributed by atoms with E-state index >= 15 is 0 Å². The first kappa shape index (κ1) is 18.8. The van der Waals surface area contributed by atoms with Crippen LogP contribution in [0.15, 0.2) is 47.5 Å². The third kappa shape index (κ3) is 4.62. The molecule has 1 saturated heterocycles. The minimum Gasteiger partial charge on any atom is -0.384 e. The van der Waals surface area contributed by atoms with Crippen molar-refractivity contribution in [3.8, 4) is 0 Å². The van der Waals surface area contributed by atoms with E-state index in [0.29, 0.717) is 12.5 Å². The lowest BCUT2D eigenvalue weighted by Crippen LogP contribution is -2.39. The highest BCUT2D eigenvalue weighted by Crippen LogP contribution is 2.38. The first-order chi connectivity index (χ1) is 12.1. The van der Waals surface area contributed by atoms with Gasteiger partial charge in [-0.15, -0.1) is 0 Å². The molecule has 8 heteroatoms. The summed E-state index contributed by atoms with van der Waals surface area (Å²) in [5.74, 6) is 0.495. The van der Waals surface area contributed by atoms with Gasteiger partial charge < -0.3 is 10.6 Å². The minimum atomic E-state index is -4.26. The SMILES string of the molecule is CC1(C)CN(c2ccc(SC(F)(F)F)cc2)CN1Cc1ccnc(N)c1. The Morgan fingerprint density at radius 1 is 1.19 bits per heavy atom. The Balaban J connectivity index is 1.70. The molecule has 26 heavy (non-hydrogen) atoms. The van der Waals surface area contributed by atoms with E-state index in [0.717, 1.165) is 24.3 Å². The molecule has 4 nitrogen and oxygen atoms in total. The molecule has 2 heterocycles. The summed E-state index contributed by atoms with van der Waals surface area (Å²) in [5, 5.41) is 0. The summed E-state index contributed by atoms with van der Waals surface area (Å²) < 4.78 is 37.4. The smallest absolute Gasteiger partial charge is 0.384 e. The summed E-state index contributed by atoms with van der Waals surface area (Å²) in [6.07, 6.45) is 1.70. The van der Waals surface area contributed by atoms with E-state index in [2.05, 4.69) is 28.6 Å². The predicted octanol–water partition coefficient (Wildman–Crippen LogP) is 4.33. The average Bonchev–Trinajstić information content (AvgIpc) is 2.81. The van der Waals surface area contributed by atoms with E-state index in [1.807, 2.05) is 12.1 Å². The number of aromatic nitrogens is 1. The van der Waals surface area contributed by atoms with Gasteiger partial charge in [0.05, 0.1) is 6.67 Å². The number of halogens is 3. The summed E-state index contributed by atoms with van der Waals surface area (Å²) in [4.78, 5) is 8.70. The maximum atomic E-state index is 12.5. The number of nitrogens with zero attached hydrogens (tertiary/aromatic N) is 3. The minimum absolute atomic E-state index is 0.0720. The number of nitrogens with two attached hydrogens (primary N) is 1. The topological polar surface area (TPSA) is 45.4 Å². The van der Waals surface area contributed by atoms with Gasteiger partial charge >= 0.3 is 5.51 Å². The van der Waals surface area contributed by atoms with Crippen LogP contribution in [0.2, 0.25) is 0 Å². The van der Waals surface area contributed by atoms with Gasteiger partial charge in [-0.1, -0.05) is 0 Å². The lowest BCUT2D eigenvalue weighted by Gasteiger charge is -2.29. The Morgan fingerprint density at radius 2 is 1.88 bits per heavy atom. The average molecular weight is 382 g/mol. The summed E-state index contributed by atoms with van der Waals surface area (Å²) in [7, 11) is 0. The normalized spacial score (nSPS) is 17.7. The van der Waals surface area contributed by atoms with Crippen LogP contribution in [0.1, 0.15) is 19.4 Å². The number of nitrogen functional groups attached to an aromatic ring is 1. The standard InChI is InChI=1S/C18H21F3N4S/c1-17(2)11-24(12-25(17)10-13-7-8-23-16(22)9-13)14-3-5-15(6-4-14)26-18(19,20)21/h3-9H,10-12H2,1-2H3,(H2,22,23). The Hall–Kier alpha value is -1.93. The summed E-state index contributed by atoms with van der Waals surface area (Å²) >= 11 is -0.0913. The lowest BCUT2D eigenvalue weighted by atomic mass is 10.0. The molecule has 140 valence electrons. The zero-order valence-electron chi connectivity index (χ0n) is 14.6. The molecule has 0 saturated carbocycles. The van der Waals surface area contributed by atoms with Crippen LogP contribution in [0.4, 0.5) is 24.7 Å². The molecule has 1 aromatic carbocycles. The van der Waals surface area contributed by atoms with Crippen molar-refractivity contribution in [3.05, 3.63) is 48.2 Å². The molecule has 1 aliphatic rings. The van der Waals surface area contributed by atoms with Crippen molar-refractivity contribution in [2.45, 2.75) is 36.3 Å². The molecule has 1 aromatic heterocycles. The molecule has 0 radical (unpaired) electrons. The third-order valence-electron chi connectivity index (χ3n) is 4.43. The van der Waals surface area contributed by atoms with E-state index in [1.54, 1.807) is 18.3 Å². The summed E-state index contributed by atoms with van der Waals surface area (Å²) in [6, 6.07) is 10.3. The number of benzene rings is 1. The van der Waals surface area contributed by atoms with Gasteiger partial charge in [0.1, 0.15) is 5.82 Å². The van der Waals surface area contributed by atoms with E-state index in [9.17, 15) is 13.2 Å². The second kappa shape index (κ2) is 7.00. The Labute approximate surface area is 155 Å². The van der Waals surface area contributed by atoms with Crippen LogP contribution in [0.5, 0.6) is 0 Å². The molecule has 0 bridgehead atoms. The van der Waals surface area contributed by atoms with Crippen LogP contribution in [-0.4, -0.2) is 34.1 Å². The number of anilines is 2. The van der Waals surface area contributed by atoms with Crippen LogP contribution in [0, 0.1) is 0 Å². The maximum Gasteiger partial charge on any atom is 0.446 e. The molecule has 0 amide bonds. The highest BCUT2D eigenvalue weighted by atomic mass is 32.2. The van der Waals surface area contributed by atoms with Crippen LogP contribution >= 0.6 is 11.8 Å². The van der Waals surface area contributed by atoms with Crippen molar-refractivity contribution in [2.24, 2.45) is 0 Å². The van der Waals surface area contributed by atoms with Gasteiger partial charge in [-0.25, -0.2) is 4.98 Å². The highest BCUT2D eigenvalue weighted by Gasteiger charge is 2.37. The molecular weight excluding hydrogens is 361 g/mol. The summed E-state index contributed by atoms with van der Waals surface area (Å²) in [6.45, 7) is 6.54. The number of thioether (sulfide) groups is 1. The van der Waals surface area contributed by atoms with Crippen molar-refractivity contribution in [3.63, 3.8) is 0 Å². The van der Waals surface area contributed by atoms with Crippen molar-refractivity contribution >= 4 is 23.3 Å². The van der Waals surface area contributed by atoms with Crippen LogP contribution in [0.3, 0.4) is 0 Å². The van der Waals surface area contributed by atoms with Gasteiger partial charge in [0.2, 0.25) is 0 Å². The fourth-order valence-corrected chi connectivity index (χ4v) is 3.66. The van der Waals surface area contributed by atoms with E-state index < -0.39 is 5.51 Å². The number of hydrogen-bond donors (Lipinski definition) is 1. The molecule has 1 fully saturated rings. The van der Waals surface area contributed by atoms with E-state index in [-0.39, 0.29) is 22.2 Å². The lowest BCUT2D eigenvalue weighted by molar-refractivity contribution is -0.0328. The Kier molecular flexibility index (Phi) is 5.07. The van der Waals surface area contributed by atoms with Crippen LogP contribution in [-0.2, 0) is 6.54 Å². The quantitative estimate of drug-likeness (QED) is 0.798. The fourth-order valence-electron chi connectivity index (χ4n) is 3.12. The Bertz CT molecular complexity index is 762. The van der Waals surface area contributed by atoms with Gasteiger partial charge in [-0.3, -0.25) is 4.90 Å². The largest absolute Gasteiger partial charge is 0.446 e. The predicted molar refractivity (Wildman–Crippen MR) is 98.8 cm³/mol. The first-order valence-corrected chi connectivity index (χ1v) is 9.00. The third-order valence-corrected chi connectivity index (χ3v) is 5.17. The number of rotatable bonds is 4. The monoisotopic (exact) mass is 382 g/mol. The molecule has 2 N–H and O–H groups in total. The van der Waals surface area contributed by atoms with Gasteiger partial charge in [-0.2, -0.15) is 13.2 Å². The highest BCUT2D eigenvalue weighted by molar-refractivity contribution is 8.00. The molecular formula is C18H21F3N4S. The van der Waals surface area contributed by atoms with Crippen molar-refractivity contribution in [2.75, 3.05) is 23.8 Å². The molecule has 0 aliphatic carbocycles. The molecule has 1 aliphatic heterocycles. The molecule has 2 aromatic rings. The van der Waals surface area contributed by atoms with Gasteiger partial charge in [0.25, 0.3) is 0 Å². The zero-order valence-corrected chi connectivity index (χ0v) is 15.4. The fraction of sp³-hybridized carbons (Fsp3) is 0.389. The van der Waals surface area contributed by atoms with Crippen LogP contribution in [0.25, 0.3) is 0 Å². The molecule has 0 spiro atoms. The molecule has 0 unspecified atom stereocenters. The maximum absolute atomic E-state index is 12.5. The number of alkyl halides is 3. The second-order valence-electron chi connectivity index (χ2n) is 6.98. The van der Waals surface area contributed by atoms with E-state index in [4.69, 9.17) is 5.73 Å². The van der Waals surface area contributed by atoms with Crippen molar-refractivity contribution < 1.29 is 13.2 Å². The first-order valence-electron chi connectivity index (χ1n) is 8.19. The van der Waals surface area contributed by atoms with E-state index in [1.165, 1.54) is 12.1 Å². The molecule has 0 atom stereocenters. The van der Waals surface area contributed by atoms with Crippen molar-refractivity contribution in [1.29, 1.82) is 0 Å². The number of pyridine rings is 1. The molecule has 3 rings (SSSR count). The second-order valence-corrected chi connectivity index (χ2v) is 8.12. The van der Waals surface area contributed by atoms with Gasteiger partial charge in [0, 0.05) is 35.4 Å². The van der Waals surface area contributed by atoms with Crippen LogP contribution < -0.4 is 10.6 Å². The van der Waals surface area contributed by atoms with Gasteiger partial charge in [0.15, 0.2) is 0 Å². The number of hydrogen-bond acceptors (Lipinski definition) is 5. The van der Waals surface area contributed by atoms with Gasteiger partial charge in [-0.05, 0) is 67.6 Å². The zero-order chi connectivity index (χ0) is 18.9. The Morgan fingerprint density at radius 3 is 2.50 bits per heavy atom. The summed E-state index contributed by atoms with van der Waals surface area (Å²) in [5.41, 5.74) is 3.42.